The normalized spacial score (nSPS) is 22.2. The van der Waals surface area contributed by atoms with Crippen LogP contribution in [0.2, 0.25) is 0 Å². The van der Waals surface area contributed by atoms with Crippen LogP contribution in [-0.4, -0.2) is 9.62 Å². The van der Waals surface area contributed by atoms with E-state index in [1.54, 1.807) is 15.3 Å². The molecule has 1 aliphatic heterocycles. The highest BCUT2D eigenvalue weighted by atomic mass is 79.9. The molecule has 0 aromatic heterocycles. The molecule has 0 saturated heterocycles. The summed E-state index contributed by atoms with van der Waals surface area (Å²) >= 11 is 4.85. The largest absolute Gasteiger partial charge is 0.301 e. The fourth-order valence-corrected chi connectivity index (χ4v) is 2.87. The monoisotopic (exact) mass is 243 g/mol. The van der Waals surface area contributed by atoms with Gasteiger partial charge in [-0.05, 0) is 23.6 Å². The second-order valence-corrected chi connectivity index (χ2v) is 4.73. The number of rotatable bonds is 1. The summed E-state index contributed by atoms with van der Waals surface area (Å²) in [5.41, 5.74) is 1.08. The van der Waals surface area contributed by atoms with E-state index in [-0.39, 0.29) is 6.04 Å². The van der Waals surface area contributed by atoms with Crippen LogP contribution in [0, 0.1) is 0 Å². The highest BCUT2D eigenvalue weighted by Gasteiger charge is 2.28. The summed E-state index contributed by atoms with van der Waals surface area (Å²) in [6.07, 6.45) is 0.938. The number of hydrogen-bond donors (Lipinski definition) is 0. The van der Waals surface area contributed by atoms with Gasteiger partial charge in [-0.1, -0.05) is 18.2 Å². The van der Waals surface area contributed by atoms with Crippen molar-refractivity contribution in [1.29, 1.82) is 0 Å². The first-order valence-corrected chi connectivity index (χ1v) is 4.98. The first-order valence-electron chi connectivity index (χ1n) is 3.50. The predicted octanol–water partition coefficient (Wildman–Crippen LogP) is 2.56. The Morgan fingerprint density at radius 3 is 3.00 bits per heavy atom. The van der Waals surface area contributed by atoms with E-state index in [1.165, 1.54) is 0 Å². The van der Waals surface area contributed by atoms with Crippen molar-refractivity contribution in [2.24, 2.45) is 0 Å². The molecule has 0 N–H and O–H groups in total. The second kappa shape index (κ2) is 3.20. The van der Waals surface area contributed by atoms with E-state index < -0.39 is 0 Å². The Balaban J connectivity index is 2.47. The zero-order chi connectivity index (χ0) is 8.55. The number of benzene rings is 1. The SMILES string of the molecule is O=CC1c2ccccc2SN1Br. The maximum Gasteiger partial charge on any atom is 0.143 e. The molecule has 1 unspecified atom stereocenters. The van der Waals surface area contributed by atoms with Gasteiger partial charge in [-0.2, -0.15) is 3.33 Å². The number of fused-ring (bicyclic) bond motifs is 1. The average molecular weight is 244 g/mol. The van der Waals surface area contributed by atoms with Gasteiger partial charge in [0.05, 0.1) is 0 Å². The molecule has 0 amide bonds. The second-order valence-electron chi connectivity index (χ2n) is 2.48. The van der Waals surface area contributed by atoms with Crippen molar-refractivity contribution in [3.63, 3.8) is 0 Å². The molecule has 2 nitrogen and oxygen atoms in total. The summed E-state index contributed by atoms with van der Waals surface area (Å²) in [6.45, 7) is 0. The number of carbonyl (C=O) groups is 1. The van der Waals surface area contributed by atoms with E-state index in [4.69, 9.17) is 0 Å². The van der Waals surface area contributed by atoms with Crippen molar-refractivity contribution < 1.29 is 4.79 Å². The molecule has 1 aliphatic rings. The Labute approximate surface area is 83.4 Å². The number of carbonyl (C=O) groups excluding carboxylic acids is 1. The molecule has 12 heavy (non-hydrogen) atoms. The lowest BCUT2D eigenvalue weighted by molar-refractivity contribution is -0.110. The molecule has 4 heteroatoms. The van der Waals surface area contributed by atoms with E-state index in [0.29, 0.717) is 0 Å². The maximum atomic E-state index is 10.7. The van der Waals surface area contributed by atoms with Gasteiger partial charge in [0.25, 0.3) is 0 Å². The van der Waals surface area contributed by atoms with E-state index in [9.17, 15) is 4.79 Å². The summed E-state index contributed by atoms with van der Waals surface area (Å²) in [5.74, 6) is 0. The summed E-state index contributed by atoms with van der Waals surface area (Å²) in [7, 11) is 0. The molecule has 1 aromatic rings. The number of hydrogen-bond acceptors (Lipinski definition) is 3. The molecule has 0 spiro atoms. The van der Waals surface area contributed by atoms with Gasteiger partial charge in [0.15, 0.2) is 0 Å². The summed E-state index contributed by atoms with van der Waals surface area (Å²) in [6, 6.07) is 7.76. The zero-order valence-corrected chi connectivity index (χ0v) is 8.51. The summed E-state index contributed by atoms with van der Waals surface area (Å²) < 4.78 is 1.78. The third-order valence-corrected chi connectivity index (χ3v) is 3.62. The van der Waals surface area contributed by atoms with Gasteiger partial charge in [-0.3, -0.25) is 0 Å². The quantitative estimate of drug-likeness (QED) is 0.430. The predicted molar refractivity (Wildman–Crippen MR) is 51.9 cm³/mol. The lowest BCUT2D eigenvalue weighted by Crippen LogP contribution is -2.06. The Morgan fingerprint density at radius 2 is 2.25 bits per heavy atom. The van der Waals surface area contributed by atoms with Gasteiger partial charge < -0.3 is 4.79 Å². The molecule has 0 fully saturated rings. The molecule has 1 atom stereocenters. The number of nitrogens with zero attached hydrogens (tertiary/aromatic N) is 1. The molecule has 1 aromatic carbocycles. The first-order chi connectivity index (χ1) is 5.83. The van der Waals surface area contributed by atoms with Gasteiger partial charge >= 0.3 is 0 Å². The summed E-state index contributed by atoms with van der Waals surface area (Å²) in [4.78, 5) is 11.8. The molecule has 0 bridgehead atoms. The van der Waals surface area contributed by atoms with E-state index in [2.05, 4.69) is 16.1 Å². The van der Waals surface area contributed by atoms with Gasteiger partial charge in [-0.25, -0.2) is 0 Å². The van der Waals surface area contributed by atoms with Crippen LogP contribution in [-0.2, 0) is 4.79 Å². The molecule has 0 saturated carbocycles. The summed E-state index contributed by atoms with van der Waals surface area (Å²) in [5, 5.41) is 0. The van der Waals surface area contributed by atoms with Gasteiger partial charge in [0.2, 0.25) is 0 Å². The van der Waals surface area contributed by atoms with Gasteiger partial charge in [-0.15, -0.1) is 0 Å². The van der Waals surface area contributed by atoms with Crippen LogP contribution < -0.4 is 0 Å². The standard InChI is InChI=1S/C8H6BrNOS/c9-10-7(5-11)6-3-1-2-4-8(6)12-10/h1-5,7H. The van der Waals surface area contributed by atoms with Crippen LogP contribution >= 0.6 is 28.1 Å². The Kier molecular flexibility index (Phi) is 2.21. The Morgan fingerprint density at radius 1 is 1.50 bits per heavy atom. The van der Waals surface area contributed by atoms with Crippen LogP contribution in [0.4, 0.5) is 0 Å². The smallest absolute Gasteiger partial charge is 0.143 e. The minimum absolute atomic E-state index is 0.147. The lowest BCUT2D eigenvalue weighted by atomic mass is 10.1. The molecule has 0 aliphatic carbocycles. The van der Waals surface area contributed by atoms with Gasteiger partial charge in [0, 0.05) is 21.0 Å². The fourth-order valence-electron chi connectivity index (χ4n) is 1.19. The van der Waals surface area contributed by atoms with Crippen molar-refractivity contribution in [2.75, 3.05) is 0 Å². The fraction of sp³-hybridized carbons (Fsp3) is 0.125. The average Bonchev–Trinajstić information content (AvgIpc) is 2.40. The third kappa shape index (κ3) is 1.20. The van der Waals surface area contributed by atoms with E-state index >= 15 is 0 Å². The molecule has 62 valence electrons. The third-order valence-electron chi connectivity index (χ3n) is 1.77. The van der Waals surface area contributed by atoms with Crippen molar-refractivity contribution in [2.45, 2.75) is 10.9 Å². The van der Waals surface area contributed by atoms with E-state index in [1.807, 2.05) is 24.3 Å². The highest BCUT2D eigenvalue weighted by molar-refractivity contribution is 9.09. The van der Waals surface area contributed by atoms with Crippen LogP contribution in [0.15, 0.2) is 29.2 Å². The van der Waals surface area contributed by atoms with E-state index in [0.717, 1.165) is 16.7 Å². The maximum absolute atomic E-state index is 10.7. The van der Waals surface area contributed by atoms with Crippen LogP contribution in [0.5, 0.6) is 0 Å². The van der Waals surface area contributed by atoms with Gasteiger partial charge in [0.1, 0.15) is 12.3 Å². The lowest BCUT2D eigenvalue weighted by Gasteiger charge is -2.07. The van der Waals surface area contributed by atoms with Crippen molar-refractivity contribution >= 4 is 34.4 Å². The molecular weight excluding hydrogens is 238 g/mol. The highest BCUT2D eigenvalue weighted by Crippen LogP contribution is 2.44. The topological polar surface area (TPSA) is 20.3 Å². The minimum atomic E-state index is -0.147. The first kappa shape index (κ1) is 8.29. The number of halogens is 1. The van der Waals surface area contributed by atoms with Crippen molar-refractivity contribution in [1.82, 2.24) is 3.33 Å². The molecule has 2 rings (SSSR count). The minimum Gasteiger partial charge on any atom is -0.301 e. The molecule has 1 heterocycles. The number of aldehydes is 1. The zero-order valence-electron chi connectivity index (χ0n) is 6.11. The van der Waals surface area contributed by atoms with Crippen LogP contribution in [0.3, 0.4) is 0 Å². The van der Waals surface area contributed by atoms with Crippen LogP contribution in [0.25, 0.3) is 0 Å². The Bertz CT molecular complexity index is 318. The molecule has 0 radical (unpaired) electrons. The molecular formula is C8H6BrNOS. The van der Waals surface area contributed by atoms with Crippen molar-refractivity contribution in [3.05, 3.63) is 29.8 Å². The Hall–Kier alpha value is -0.320. The van der Waals surface area contributed by atoms with Crippen molar-refractivity contribution in [3.8, 4) is 0 Å². The van der Waals surface area contributed by atoms with Crippen LogP contribution in [0.1, 0.15) is 11.6 Å².